The first-order valence-electron chi connectivity index (χ1n) is 8.07. The van der Waals surface area contributed by atoms with Gasteiger partial charge in [-0.2, -0.15) is 0 Å². The molecule has 0 aliphatic heterocycles. The Balaban J connectivity index is 1.89. The van der Waals surface area contributed by atoms with Gasteiger partial charge in [0.1, 0.15) is 5.75 Å². The normalized spacial score (nSPS) is 10.8. The SMILES string of the molecule is CCCCOc1ccc(C(=O)/C=C/Nc2cccc(SC)c2)cc1. The predicted molar refractivity (Wildman–Crippen MR) is 102 cm³/mol. The molecule has 126 valence electrons. The zero-order valence-corrected chi connectivity index (χ0v) is 14.9. The molecule has 0 amide bonds. The number of unbranched alkanes of at least 4 members (excludes halogenated alkanes) is 1. The summed E-state index contributed by atoms with van der Waals surface area (Å²) in [4.78, 5) is 13.3. The van der Waals surface area contributed by atoms with Gasteiger partial charge in [0, 0.05) is 28.4 Å². The number of carbonyl (C=O) groups is 1. The van der Waals surface area contributed by atoms with Crippen LogP contribution >= 0.6 is 11.8 Å². The number of allylic oxidation sites excluding steroid dienone is 1. The van der Waals surface area contributed by atoms with Crippen LogP contribution in [-0.2, 0) is 0 Å². The Morgan fingerprint density at radius 3 is 2.71 bits per heavy atom. The quantitative estimate of drug-likeness (QED) is 0.287. The fourth-order valence-electron chi connectivity index (χ4n) is 2.07. The van der Waals surface area contributed by atoms with E-state index in [1.54, 1.807) is 36.2 Å². The lowest BCUT2D eigenvalue weighted by atomic mass is 10.1. The Hall–Kier alpha value is -2.20. The molecule has 0 atom stereocenters. The zero-order valence-electron chi connectivity index (χ0n) is 14.1. The van der Waals surface area contributed by atoms with Gasteiger partial charge in [0.25, 0.3) is 0 Å². The molecule has 0 spiro atoms. The van der Waals surface area contributed by atoms with Crippen LogP contribution < -0.4 is 10.1 Å². The number of hydrogen-bond acceptors (Lipinski definition) is 4. The van der Waals surface area contributed by atoms with Crippen LogP contribution in [0.5, 0.6) is 5.75 Å². The van der Waals surface area contributed by atoms with E-state index in [4.69, 9.17) is 4.74 Å². The van der Waals surface area contributed by atoms with E-state index in [9.17, 15) is 4.79 Å². The molecular formula is C20H23NO2S. The van der Waals surface area contributed by atoms with Gasteiger partial charge < -0.3 is 10.1 Å². The lowest BCUT2D eigenvalue weighted by Gasteiger charge is -2.05. The highest BCUT2D eigenvalue weighted by Gasteiger charge is 2.02. The first-order valence-corrected chi connectivity index (χ1v) is 9.29. The first kappa shape index (κ1) is 18.1. The average molecular weight is 341 g/mol. The third kappa shape index (κ3) is 5.78. The predicted octanol–water partition coefficient (Wildman–Crippen LogP) is 5.40. The van der Waals surface area contributed by atoms with Crippen molar-refractivity contribution in [3.05, 3.63) is 66.4 Å². The third-order valence-corrected chi connectivity index (χ3v) is 4.19. The van der Waals surface area contributed by atoms with E-state index in [0.29, 0.717) is 12.2 Å². The molecule has 0 bridgehead atoms. The molecule has 1 N–H and O–H groups in total. The number of nitrogens with one attached hydrogen (secondary N) is 1. The molecule has 0 aromatic heterocycles. The monoisotopic (exact) mass is 341 g/mol. The maximum atomic E-state index is 12.2. The van der Waals surface area contributed by atoms with Crippen molar-refractivity contribution < 1.29 is 9.53 Å². The zero-order chi connectivity index (χ0) is 17.2. The number of rotatable bonds is 9. The van der Waals surface area contributed by atoms with E-state index in [-0.39, 0.29) is 5.78 Å². The minimum atomic E-state index is -0.0383. The maximum absolute atomic E-state index is 12.2. The molecule has 2 aromatic rings. The van der Waals surface area contributed by atoms with Gasteiger partial charge in [-0.1, -0.05) is 19.4 Å². The number of thioether (sulfide) groups is 1. The van der Waals surface area contributed by atoms with Crippen molar-refractivity contribution in [1.29, 1.82) is 0 Å². The summed E-state index contributed by atoms with van der Waals surface area (Å²) in [6, 6.07) is 15.3. The van der Waals surface area contributed by atoms with Crippen LogP contribution in [0.4, 0.5) is 5.69 Å². The summed E-state index contributed by atoms with van der Waals surface area (Å²) in [5.41, 5.74) is 1.61. The summed E-state index contributed by atoms with van der Waals surface area (Å²) in [5.74, 6) is 0.764. The highest BCUT2D eigenvalue weighted by molar-refractivity contribution is 7.98. The number of anilines is 1. The largest absolute Gasteiger partial charge is 0.494 e. The fraction of sp³-hybridized carbons (Fsp3) is 0.250. The van der Waals surface area contributed by atoms with Gasteiger partial charge in [0.15, 0.2) is 5.78 Å². The second kappa shape index (κ2) is 9.83. The highest BCUT2D eigenvalue weighted by atomic mass is 32.2. The smallest absolute Gasteiger partial charge is 0.187 e. The van der Waals surface area contributed by atoms with Crippen molar-refractivity contribution in [3.8, 4) is 5.75 Å². The van der Waals surface area contributed by atoms with E-state index < -0.39 is 0 Å². The summed E-state index contributed by atoms with van der Waals surface area (Å²) in [5, 5.41) is 3.13. The van der Waals surface area contributed by atoms with Crippen LogP contribution in [-0.4, -0.2) is 18.6 Å². The number of carbonyl (C=O) groups excluding carboxylic acids is 1. The Labute approximate surface area is 148 Å². The molecule has 2 rings (SSSR count). The molecule has 0 radical (unpaired) electrons. The second-order valence-electron chi connectivity index (χ2n) is 5.30. The number of benzene rings is 2. The standard InChI is InChI=1S/C20H23NO2S/c1-3-4-14-23-18-10-8-16(9-11-18)20(22)12-13-21-17-6-5-7-19(15-17)24-2/h5-13,15,21H,3-4,14H2,1-2H3/b13-12+. The summed E-state index contributed by atoms with van der Waals surface area (Å²) in [7, 11) is 0. The summed E-state index contributed by atoms with van der Waals surface area (Å²) in [6.07, 6.45) is 7.39. The van der Waals surface area contributed by atoms with Crippen molar-refractivity contribution in [3.63, 3.8) is 0 Å². The topological polar surface area (TPSA) is 38.3 Å². The van der Waals surface area contributed by atoms with Crippen molar-refractivity contribution in [1.82, 2.24) is 0 Å². The molecule has 0 aliphatic rings. The molecule has 0 saturated heterocycles. The van der Waals surface area contributed by atoms with E-state index in [0.717, 1.165) is 24.3 Å². The van der Waals surface area contributed by atoms with Gasteiger partial charge in [-0.15, -0.1) is 11.8 Å². The molecule has 0 heterocycles. The van der Waals surface area contributed by atoms with Gasteiger partial charge in [-0.3, -0.25) is 4.79 Å². The second-order valence-corrected chi connectivity index (χ2v) is 6.18. The molecule has 2 aromatic carbocycles. The number of ether oxygens (including phenoxy) is 1. The fourth-order valence-corrected chi connectivity index (χ4v) is 2.53. The summed E-state index contributed by atoms with van der Waals surface area (Å²) in [6.45, 7) is 2.84. The van der Waals surface area contributed by atoms with E-state index in [2.05, 4.69) is 18.3 Å². The third-order valence-electron chi connectivity index (χ3n) is 3.46. The molecule has 0 saturated carbocycles. The lowest BCUT2D eigenvalue weighted by Crippen LogP contribution is -1.99. The van der Waals surface area contributed by atoms with E-state index in [1.807, 2.05) is 36.6 Å². The number of ketones is 1. The summed E-state index contributed by atoms with van der Waals surface area (Å²) >= 11 is 1.68. The van der Waals surface area contributed by atoms with Crippen LogP contribution in [0.2, 0.25) is 0 Å². The molecule has 3 nitrogen and oxygen atoms in total. The molecular weight excluding hydrogens is 318 g/mol. The maximum Gasteiger partial charge on any atom is 0.187 e. The van der Waals surface area contributed by atoms with Crippen molar-refractivity contribution >= 4 is 23.2 Å². The van der Waals surface area contributed by atoms with Crippen molar-refractivity contribution in [2.24, 2.45) is 0 Å². The van der Waals surface area contributed by atoms with Crippen LogP contribution in [0, 0.1) is 0 Å². The van der Waals surface area contributed by atoms with Gasteiger partial charge in [0.05, 0.1) is 6.61 Å². The molecule has 4 heteroatoms. The average Bonchev–Trinajstić information content (AvgIpc) is 2.62. The van der Waals surface area contributed by atoms with E-state index >= 15 is 0 Å². The van der Waals surface area contributed by atoms with Crippen molar-refractivity contribution in [2.75, 3.05) is 18.2 Å². The van der Waals surface area contributed by atoms with Gasteiger partial charge in [0.2, 0.25) is 0 Å². The van der Waals surface area contributed by atoms with Gasteiger partial charge in [-0.05, 0) is 55.1 Å². The summed E-state index contributed by atoms with van der Waals surface area (Å²) < 4.78 is 5.60. The Kier molecular flexibility index (Phi) is 7.43. The first-order chi connectivity index (χ1) is 11.7. The highest BCUT2D eigenvalue weighted by Crippen LogP contribution is 2.19. The van der Waals surface area contributed by atoms with Crippen molar-refractivity contribution in [2.45, 2.75) is 24.7 Å². The van der Waals surface area contributed by atoms with Crippen LogP contribution in [0.15, 0.2) is 65.7 Å². The van der Waals surface area contributed by atoms with E-state index in [1.165, 1.54) is 4.90 Å². The van der Waals surface area contributed by atoms with Crippen LogP contribution in [0.1, 0.15) is 30.1 Å². The minimum Gasteiger partial charge on any atom is -0.494 e. The van der Waals surface area contributed by atoms with Gasteiger partial charge >= 0.3 is 0 Å². The van der Waals surface area contributed by atoms with Crippen LogP contribution in [0.3, 0.4) is 0 Å². The Bertz CT molecular complexity index is 680. The molecule has 0 aliphatic carbocycles. The van der Waals surface area contributed by atoms with Crippen LogP contribution in [0.25, 0.3) is 0 Å². The van der Waals surface area contributed by atoms with Gasteiger partial charge in [-0.25, -0.2) is 0 Å². The molecule has 24 heavy (non-hydrogen) atoms. The Morgan fingerprint density at radius 1 is 1.21 bits per heavy atom. The minimum absolute atomic E-state index is 0.0383. The lowest BCUT2D eigenvalue weighted by molar-refractivity contribution is 0.104. The molecule has 0 fully saturated rings. The Morgan fingerprint density at radius 2 is 2.00 bits per heavy atom. The molecule has 0 unspecified atom stereocenters. The number of hydrogen-bond donors (Lipinski definition) is 1.